The van der Waals surface area contributed by atoms with Gasteiger partial charge >= 0.3 is 5.69 Å². The van der Waals surface area contributed by atoms with E-state index < -0.39 is 0 Å². The van der Waals surface area contributed by atoms with Gasteiger partial charge in [0.25, 0.3) is 0 Å². The standard InChI is InChI=1S/C20H28ClN3O2.ClH/c1-13-11-17(21)19-18(12-13)24(20(25)22-19)15-7-9-23(10-8-15)14-3-5-16(26-2)6-4-14;/h11-12,14-16H,3-10H2,1-2H3,(H,22,25);1H. The minimum absolute atomic E-state index is 0. The zero-order chi connectivity index (χ0) is 18.3. The van der Waals surface area contributed by atoms with E-state index in [0.717, 1.165) is 42.5 Å². The summed E-state index contributed by atoms with van der Waals surface area (Å²) in [5.74, 6) is 0. The molecular formula is C20H29Cl2N3O2. The molecule has 7 heteroatoms. The molecule has 27 heavy (non-hydrogen) atoms. The third-order valence-electron chi connectivity index (χ3n) is 6.28. The molecule has 1 saturated heterocycles. The van der Waals surface area contributed by atoms with Gasteiger partial charge in [0.1, 0.15) is 0 Å². The Hall–Kier alpha value is -1.01. The second kappa shape index (κ2) is 8.56. The molecule has 1 aliphatic heterocycles. The smallest absolute Gasteiger partial charge is 0.326 e. The van der Waals surface area contributed by atoms with Crippen molar-refractivity contribution in [2.45, 2.75) is 63.6 Å². The summed E-state index contributed by atoms with van der Waals surface area (Å²) in [6.07, 6.45) is 7.27. The number of halogens is 2. The normalized spacial score (nSPS) is 24.9. The van der Waals surface area contributed by atoms with E-state index in [9.17, 15) is 4.79 Å². The van der Waals surface area contributed by atoms with Crippen LogP contribution in [0.2, 0.25) is 5.02 Å². The van der Waals surface area contributed by atoms with Crippen LogP contribution < -0.4 is 5.69 Å². The molecule has 1 saturated carbocycles. The Bertz CT molecular complexity index is 832. The van der Waals surface area contributed by atoms with Crippen molar-refractivity contribution in [2.75, 3.05) is 20.2 Å². The molecule has 150 valence electrons. The van der Waals surface area contributed by atoms with Crippen LogP contribution in [0.15, 0.2) is 16.9 Å². The van der Waals surface area contributed by atoms with E-state index in [1.54, 1.807) is 0 Å². The number of nitrogens with zero attached hydrogens (tertiary/aromatic N) is 2. The highest BCUT2D eigenvalue weighted by atomic mass is 35.5. The molecule has 0 radical (unpaired) electrons. The molecule has 0 amide bonds. The molecule has 1 N–H and O–H groups in total. The molecule has 0 bridgehead atoms. The Labute approximate surface area is 171 Å². The van der Waals surface area contributed by atoms with E-state index in [2.05, 4.69) is 16.0 Å². The second-order valence-corrected chi connectivity index (χ2v) is 8.28. The third kappa shape index (κ3) is 4.07. The third-order valence-corrected chi connectivity index (χ3v) is 6.58. The number of piperidine rings is 1. The number of fused-ring (bicyclic) bond motifs is 1. The fourth-order valence-electron chi connectivity index (χ4n) is 4.83. The molecule has 0 unspecified atom stereocenters. The lowest BCUT2D eigenvalue weighted by Gasteiger charge is -2.40. The number of ether oxygens (including phenoxy) is 1. The van der Waals surface area contributed by atoms with E-state index in [1.165, 1.54) is 25.7 Å². The number of benzene rings is 1. The summed E-state index contributed by atoms with van der Waals surface area (Å²) >= 11 is 6.33. The maximum absolute atomic E-state index is 12.6. The number of aromatic nitrogens is 2. The van der Waals surface area contributed by atoms with Gasteiger partial charge in [-0.05, 0) is 63.1 Å². The summed E-state index contributed by atoms with van der Waals surface area (Å²) in [5, 5.41) is 0.628. The first-order chi connectivity index (χ1) is 12.6. The van der Waals surface area contributed by atoms with Crippen molar-refractivity contribution >= 4 is 35.0 Å². The van der Waals surface area contributed by atoms with Crippen molar-refractivity contribution < 1.29 is 4.74 Å². The van der Waals surface area contributed by atoms with Gasteiger partial charge in [0.15, 0.2) is 0 Å². The Balaban J connectivity index is 0.00000210. The lowest BCUT2D eigenvalue weighted by atomic mass is 9.90. The van der Waals surface area contributed by atoms with Crippen LogP contribution in [-0.2, 0) is 4.74 Å². The summed E-state index contributed by atoms with van der Waals surface area (Å²) in [6.45, 7) is 4.14. The molecule has 1 aromatic heterocycles. The second-order valence-electron chi connectivity index (χ2n) is 7.87. The van der Waals surface area contributed by atoms with Crippen LogP contribution in [0.5, 0.6) is 0 Å². The summed E-state index contributed by atoms with van der Waals surface area (Å²) in [6, 6.07) is 4.90. The maximum atomic E-state index is 12.6. The fourth-order valence-corrected chi connectivity index (χ4v) is 5.15. The Morgan fingerprint density at radius 3 is 2.37 bits per heavy atom. The molecule has 2 heterocycles. The molecule has 0 atom stereocenters. The number of rotatable bonds is 3. The van der Waals surface area contributed by atoms with Crippen LogP contribution >= 0.6 is 24.0 Å². The number of likely N-dealkylation sites (tertiary alicyclic amines) is 1. The maximum Gasteiger partial charge on any atom is 0.326 e. The van der Waals surface area contributed by atoms with Crippen LogP contribution in [0, 0.1) is 6.92 Å². The quantitative estimate of drug-likeness (QED) is 0.815. The molecule has 2 aromatic rings. The predicted molar refractivity (Wildman–Crippen MR) is 112 cm³/mol. The summed E-state index contributed by atoms with van der Waals surface area (Å²) in [5.41, 5.74) is 2.76. The van der Waals surface area contributed by atoms with Gasteiger partial charge < -0.3 is 14.6 Å². The number of H-pyrrole nitrogens is 1. The van der Waals surface area contributed by atoms with Crippen LogP contribution in [0.1, 0.15) is 50.1 Å². The van der Waals surface area contributed by atoms with E-state index in [0.29, 0.717) is 17.2 Å². The van der Waals surface area contributed by atoms with Gasteiger partial charge in [0.05, 0.1) is 22.2 Å². The number of hydrogen-bond donors (Lipinski definition) is 1. The van der Waals surface area contributed by atoms with Gasteiger partial charge in [-0.15, -0.1) is 12.4 Å². The number of nitrogens with one attached hydrogen (secondary N) is 1. The number of hydrogen-bond acceptors (Lipinski definition) is 3. The zero-order valence-electron chi connectivity index (χ0n) is 16.0. The molecule has 1 aromatic carbocycles. The van der Waals surface area contributed by atoms with E-state index >= 15 is 0 Å². The molecular weight excluding hydrogens is 385 g/mol. The number of methoxy groups -OCH3 is 1. The molecule has 2 fully saturated rings. The highest BCUT2D eigenvalue weighted by molar-refractivity contribution is 6.35. The van der Waals surface area contributed by atoms with E-state index in [-0.39, 0.29) is 24.1 Å². The van der Waals surface area contributed by atoms with Crippen molar-refractivity contribution in [2.24, 2.45) is 0 Å². The lowest BCUT2D eigenvalue weighted by Crippen LogP contribution is -2.45. The topological polar surface area (TPSA) is 50.3 Å². The molecule has 5 nitrogen and oxygen atoms in total. The Kier molecular flexibility index (Phi) is 6.57. The van der Waals surface area contributed by atoms with Crippen LogP contribution in [0.25, 0.3) is 11.0 Å². The highest BCUT2D eigenvalue weighted by Gasteiger charge is 2.30. The van der Waals surface area contributed by atoms with Crippen molar-refractivity contribution in [3.05, 3.63) is 33.2 Å². The van der Waals surface area contributed by atoms with Crippen molar-refractivity contribution in [1.82, 2.24) is 14.5 Å². The van der Waals surface area contributed by atoms with Gasteiger partial charge in [0, 0.05) is 32.3 Å². The van der Waals surface area contributed by atoms with Crippen LogP contribution in [-0.4, -0.2) is 46.8 Å². The van der Waals surface area contributed by atoms with Crippen LogP contribution in [0.3, 0.4) is 0 Å². The largest absolute Gasteiger partial charge is 0.381 e. The number of imidazole rings is 1. The van der Waals surface area contributed by atoms with E-state index in [1.807, 2.05) is 24.7 Å². The predicted octanol–water partition coefficient (Wildman–Crippen LogP) is 4.31. The lowest BCUT2D eigenvalue weighted by molar-refractivity contribution is 0.0296. The summed E-state index contributed by atoms with van der Waals surface area (Å²) in [7, 11) is 1.82. The monoisotopic (exact) mass is 413 g/mol. The molecule has 4 rings (SSSR count). The Morgan fingerprint density at radius 2 is 1.74 bits per heavy atom. The van der Waals surface area contributed by atoms with Gasteiger partial charge in [0.2, 0.25) is 0 Å². The van der Waals surface area contributed by atoms with E-state index in [4.69, 9.17) is 16.3 Å². The first kappa shape index (κ1) is 20.7. The fraction of sp³-hybridized carbons (Fsp3) is 0.650. The highest BCUT2D eigenvalue weighted by Crippen LogP contribution is 2.32. The Morgan fingerprint density at radius 1 is 1.07 bits per heavy atom. The number of aromatic amines is 1. The summed E-state index contributed by atoms with van der Waals surface area (Å²) < 4.78 is 7.43. The van der Waals surface area contributed by atoms with Gasteiger partial charge in [-0.1, -0.05) is 11.6 Å². The van der Waals surface area contributed by atoms with Crippen LogP contribution in [0.4, 0.5) is 0 Å². The first-order valence-electron chi connectivity index (χ1n) is 9.74. The van der Waals surface area contributed by atoms with Crippen molar-refractivity contribution in [1.29, 1.82) is 0 Å². The first-order valence-corrected chi connectivity index (χ1v) is 10.1. The average Bonchev–Trinajstić information content (AvgIpc) is 2.98. The average molecular weight is 414 g/mol. The van der Waals surface area contributed by atoms with Gasteiger partial charge in [-0.2, -0.15) is 0 Å². The van der Waals surface area contributed by atoms with Crippen molar-refractivity contribution in [3.8, 4) is 0 Å². The van der Waals surface area contributed by atoms with Crippen molar-refractivity contribution in [3.63, 3.8) is 0 Å². The minimum Gasteiger partial charge on any atom is -0.381 e. The molecule has 1 aliphatic carbocycles. The zero-order valence-corrected chi connectivity index (χ0v) is 17.6. The number of aryl methyl sites for hydroxylation is 1. The summed E-state index contributed by atoms with van der Waals surface area (Å²) in [4.78, 5) is 18.2. The van der Waals surface area contributed by atoms with Gasteiger partial charge in [-0.3, -0.25) is 4.57 Å². The van der Waals surface area contributed by atoms with Gasteiger partial charge in [-0.25, -0.2) is 4.79 Å². The minimum atomic E-state index is -0.0356. The SMILES string of the molecule is COC1CCC(N2CCC(n3c(=O)[nH]c4c(Cl)cc(C)cc43)CC2)CC1.Cl. The molecule has 2 aliphatic rings. The molecule has 0 spiro atoms.